The van der Waals surface area contributed by atoms with Crippen LogP contribution in [-0.4, -0.2) is 19.5 Å². The molecule has 1 aromatic rings. The molecule has 0 aliphatic rings. The van der Waals surface area contributed by atoms with Crippen molar-refractivity contribution in [3.8, 4) is 0 Å². The van der Waals surface area contributed by atoms with E-state index in [0.29, 0.717) is 6.07 Å². The van der Waals surface area contributed by atoms with E-state index in [9.17, 15) is 26.3 Å². The molecule has 0 saturated heterocycles. The van der Waals surface area contributed by atoms with Crippen LogP contribution in [0.1, 0.15) is 18.1 Å². The first-order chi connectivity index (χ1) is 8.27. The van der Waals surface area contributed by atoms with Crippen LogP contribution in [0.3, 0.4) is 0 Å². The molecular formula is C11H10F6O. The number of ether oxygens (including phenoxy) is 1. The maximum absolute atomic E-state index is 12.9. The van der Waals surface area contributed by atoms with Crippen molar-refractivity contribution >= 4 is 0 Å². The van der Waals surface area contributed by atoms with Crippen molar-refractivity contribution in [1.29, 1.82) is 0 Å². The Morgan fingerprint density at radius 2 is 1.78 bits per heavy atom. The van der Waals surface area contributed by atoms with Crippen LogP contribution in [0.2, 0.25) is 0 Å². The summed E-state index contributed by atoms with van der Waals surface area (Å²) in [6, 6.07) is 2.37. The highest BCUT2D eigenvalue weighted by Gasteiger charge is 2.43. The Kier molecular flexibility index (Phi) is 4.61. The molecule has 0 bridgehead atoms. The van der Waals surface area contributed by atoms with Gasteiger partial charge in [0.2, 0.25) is 0 Å². The highest BCUT2D eigenvalue weighted by atomic mass is 19.3. The lowest BCUT2D eigenvalue weighted by atomic mass is 10.0. The monoisotopic (exact) mass is 272 g/mol. The Hall–Kier alpha value is -1.24. The number of hydrogen-bond acceptors (Lipinski definition) is 1. The lowest BCUT2D eigenvalue weighted by Gasteiger charge is -2.22. The average molecular weight is 272 g/mol. The maximum Gasteiger partial charge on any atom is 0.310 e. The van der Waals surface area contributed by atoms with Crippen LogP contribution in [0.5, 0.6) is 0 Å². The maximum atomic E-state index is 12.9. The second kappa shape index (κ2) is 5.60. The minimum atomic E-state index is -4.26. The molecule has 1 rings (SSSR count). The normalized spacial score (nSPS) is 14.0. The number of methoxy groups -OCH3 is 1. The number of hydrogen-bond donors (Lipinski definition) is 0. The molecule has 0 spiro atoms. The topological polar surface area (TPSA) is 9.23 Å². The van der Waals surface area contributed by atoms with Crippen LogP contribution in [0.15, 0.2) is 18.2 Å². The van der Waals surface area contributed by atoms with Crippen LogP contribution in [0.4, 0.5) is 26.3 Å². The molecule has 1 aromatic carbocycles. The van der Waals surface area contributed by atoms with Crippen molar-refractivity contribution in [1.82, 2.24) is 0 Å². The third-order valence-corrected chi connectivity index (χ3v) is 2.38. The fourth-order valence-corrected chi connectivity index (χ4v) is 1.39. The third-order valence-electron chi connectivity index (χ3n) is 2.38. The molecule has 0 saturated carbocycles. The van der Waals surface area contributed by atoms with Gasteiger partial charge in [-0.1, -0.05) is 6.07 Å². The Morgan fingerprint density at radius 3 is 2.22 bits per heavy atom. The molecule has 0 aliphatic heterocycles. The average Bonchev–Trinajstić information content (AvgIpc) is 2.29. The van der Waals surface area contributed by atoms with E-state index in [0.717, 1.165) is 19.2 Å². The van der Waals surface area contributed by atoms with E-state index in [1.54, 1.807) is 0 Å². The standard InChI is InChI=1S/C11H10F6O/c1-18-9(5-11(16,17)10(14)15)6-2-3-7(12)8(13)4-6/h2-4,9-10H,5H2,1H3. The van der Waals surface area contributed by atoms with Crippen LogP contribution in [0.25, 0.3) is 0 Å². The van der Waals surface area contributed by atoms with Gasteiger partial charge in [0.15, 0.2) is 11.6 Å². The summed E-state index contributed by atoms with van der Waals surface area (Å²) in [5.41, 5.74) is -0.128. The zero-order valence-corrected chi connectivity index (χ0v) is 9.27. The molecule has 0 fully saturated rings. The van der Waals surface area contributed by atoms with Gasteiger partial charge in [0.1, 0.15) is 0 Å². The van der Waals surface area contributed by atoms with E-state index < -0.39 is 36.5 Å². The smallest absolute Gasteiger partial charge is 0.310 e. The minimum Gasteiger partial charge on any atom is -0.377 e. The quantitative estimate of drug-likeness (QED) is 0.738. The largest absolute Gasteiger partial charge is 0.377 e. The molecule has 0 heterocycles. The lowest BCUT2D eigenvalue weighted by molar-refractivity contribution is -0.152. The highest BCUT2D eigenvalue weighted by molar-refractivity contribution is 5.20. The summed E-state index contributed by atoms with van der Waals surface area (Å²) in [6.07, 6.45) is -6.60. The third kappa shape index (κ3) is 3.38. The Labute approximate surface area is 99.4 Å². The molecule has 1 atom stereocenters. The molecule has 1 unspecified atom stereocenters. The SMILES string of the molecule is COC(CC(F)(F)C(F)F)c1ccc(F)c(F)c1. The molecule has 0 aromatic heterocycles. The molecule has 0 radical (unpaired) electrons. The van der Waals surface area contributed by atoms with Crippen molar-refractivity contribution in [2.75, 3.05) is 7.11 Å². The zero-order valence-electron chi connectivity index (χ0n) is 9.27. The fourth-order valence-electron chi connectivity index (χ4n) is 1.39. The zero-order chi connectivity index (χ0) is 13.9. The summed E-state index contributed by atoms with van der Waals surface area (Å²) in [7, 11) is 1.02. The predicted molar refractivity (Wildman–Crippen MR) is 51.7 cm³/mol. The second-order valence-corrected chi connectivity index (χ2v) is 3.66. The van der Waals surface area contributed by atoms with Crippen LogP contribution in [-0.2, 0) is 4.74 Å². The summed E-state index contributed by atoms with van der Waals surface area (Å²) < 4.78 is 79.9. The van der Waals surface area contributed by atoms with Crippen molar-refractivity contribution in [3.05, 3.63) is 35.4 Å². The van der Waals surface area contributed by atoms with E-state index >= 15 is 0 Å². The molecule has 0 amide bonds. The van der Waals surface area contributed by atoms with Gasteiger partial charge in [-0.15, -0.1) is 0 Å². The summed E-state index contributed by atoms with van der Waals surface area (Å²) in [6.45, 7) is 0. The van der Waals surface area contributed by atoms with Gasteiger partial charge >= 0.3 is 12.3 Å². The fraction of sp³-hybridized carbons (Fsp3) is 0.455. The first kappa shape index (κ1) is 14.8. The van der Waals surface area contributed by atoms with Gasteiger partial charge in [-0.25, -0.2) is 26.3 Å². The molecule has 0 N–H and O–H groups in total. The van der Waals surface area contributed by atoms with E-state index in [4.69, 9.17) is 0 Å². The summed E-state index contributed by atoms with van der Waals surface area (Å²) in [5.74, 6) is -6.67. The van der Waals surface area contributed by atoms with Gasteiger partial charge in [0, 0.05) is 13.5 Å². The molecule has 18 heavy (non-hydrogen) atoms. The van der Waals surface area contributed by atoms with Gasteiger partial charge < -0.3 is 4.74 Å². The van der Waals surface area contributed by atoms with Crippen molar-refractivity contribution in [3.63, 3.8) is 0 Å². The molecule has 0 aliphatic carbocycles. The Bertz CT molecular complexity index is 407. The van der Waals surface area contributed by atoms with E-state index in [-0.39, 0.29) is 5.56 Å². The Balaban J connectivity index is 2.93. The van der Waals surface area contributed by atoms with Crippen LogP contribution >= 0.6 is 0 Å². The van der Waals surface area contributed by atoms with Gasteiger partial charge in [-0.05, 0) is 17.7 Å². The van der Waals surface area contributed by atoms with E-state index in [2.05, 4.69) is 4.74 Å². The van der Waals surface area contributed by atoms with Crippen LogP contribution in [0, 0.1) is 11.6 Å². The van der Waals surface area contributed by atoms with Gasteiger partial charge in [0.25, 0.3) is 0 Å². The van der Waals surface area contributed by atoms with E-state index in [1.807, 2.05) is 0 Å². The van der Waals surface area contributed by atoms with Crippen molar-refractivity contribution in [2.24, 2.45) is 0 Å². The molecule has 1 nitrogen and oxygen atoms in total. The molecular weight excluding hydrogens is 262 g/mol. The first-order valence-electron chi connectivity index (χ1n) is 4.91. The summed E-state index contributed by atoms with van der Waals surface area (Å²) in [5, 5.41) is 0. The first-order valence-corrected chi connectivity index (χ1v) is 4.91. The number of halogens is 6. The van der Waals surface area contributed by atoms with Crippen LogP contribution < -0.4 is 0 Å². The lowest BCUT2D eigenvalue weighted by Crippen LogP contribution is -2.29. The van der Waals surface area contributed by atoms with Crippen molar-refractivity contribution in [2.45, 2.75) is 24.9 Å². The van der Waals surface area contributed by atoms with Gasteiger partial charge in [-0.3, -0.25) is 0 Å². The highest BCUT2D eigenvalue weighted by Crippen LogP contribution is 2.35. The predicted octanol–water partition coefficient (Wildman–Crippen LogP) is 3.94. The Morgan fingerprint density at radius 1 is 1.17 bits per heavy atom. The number of alkyl halides is 4. The number of benzene rings is 1. The summed E-state index contributed by atoms with van der Waals surface area (Å²) in [4.78, 5) is 0. The summed E-state index contributed by atoms with van der Waals surface area (Å²) >= 11 is 0. The molecule has 102 valence electrons. The van der Waals surface area contributed by atoms with Gasteiger partial charge in [0.05, 0.1) is 6.10 Å². The minimum absolute atomic E-state index is 0.128. The van der Waals surface area contributed by atoms with E-state index in [1.165, 1.54) is 0 Å². The second-order valence-electron chi connectivity index (χ2n) is 3.66. The number of rotatable bonds is 5. The van der Waals surface area contributed by atoms with Crippen molar-refractivity contribution < 1.29 is 31.1 Å². The van der Waals surface area contributed by atoms with Gasteiger partial charge in [-0.2, -0.15) is 0 Å². The molecule has 7 heteroatoms.